The van der Waals surface area contributed by atoms with Crippen molar-refractivity contribution < 1.29 is 23.0 Å². The fourth-order valence-corrected chi connectivity index (χ4v) is 3.93. The van der Waals surface area contributed by atoms with Crippen molar-refractivity contribution in [1.29, 1.82) is 0 Å². The molecule has 1 heterocycles. The molecule has 28 heavy (non-hydrogen) atoms. The lowest BCUT2D eigenvalue weighted by Crippen LogP contribution is -2.31. The van der Waals surface area contributed by atoms with Crippen LogP contribution in [0.3, 0.4) is 0 Å². The van der Waals surface area contributed by atoms with Gasteiger partial charge in [-0.15, -0.1) is 6.58 Å². The average molecular weight is 392 g/mol. The second-order valence-corrected chi connectivity index (χ2v) is 7.58. The van der Waals surface area contributed by atoms with E-state index in [1.165, 1.54) is 12.7 Å². The number of allylic oxidation sites excluding steroid dienone is 8. The van der Waals surface area contributed by atoms with Gasteiger partial charge in [-0.05, 0) is 61.7 Å². The lowest BCUT2D eigenvalue weighted by molar-refractivity contribution is -0.0823. The Labute approximate surface area is 166 Å². The number of methoxy groups -OCH3 is 1. The van der Waals surface area contributed by atoms with E-state index < -0.39 is 11.7 Å². The number of rotatable bonds is 8. The van der Waals surface area contributed by atoms with E-state index >= 15 is 0 Å². The SMILES string of the molecule is C=CCCC1CCC(OCC2=CC=C(C3=C(F)C(F)=C(OC)CC3)CC2)CO1. The van der Waals surface area contributed by atoms with Gasteiger partial charge in [-0.25, -0.2) is 8.78 Å². The monoisotopic (exact) mass is 392 g/mol. The third-order valence-corrected chi connectivity index (χ3v) is 5.70. The molecule has 1 saturated heterocycles. The van der Waals surface area contributed by atoms with Crippen LogP contribution in [-0.2, 0) is 14.2 Å². The van der Waals surface area contributed by atoms with Crippen LogP contribution >= 0.6 is 0 Å². The summed E-state index contributed by atoms with van der Waals surface area (Å²) in [5.41, 5.74) is 2.53. The third-order valence-electron chi connectivity index (χ3n) is 5.70. The van der Waals surface area contributed by atoms with Gasteiger partial charge in [0.05, 0.1) is 32.5 Å². The van der Waals surface area contributed by atoms with Crippen molar-refractivity contribution in [3.8, 4) is 0 Å². The Balaban J connectivity index is 1.50. The smallest absolute Gasteiger partial charge is 0.196 e. The van der Waals surface area contributed by atoms with E-state index in [1.807, 2.05) is 18.2 Å². The van der Waals surface area contributed by atoms with Crippen molar-refractivity contribution >= 4 is 0 Å². The molecule has 0 aromatic heterocycles. The van der Waals surface area contributed by atoms with Crippen LogP contribution < -0.4 is 0 Å². The van der Waals surface area contributed by atoms with Crippen molar-refractivity contribution in [2.45, 2.75) is 63.6 Å². The first-order valence-electron chi connectivity index (χ1n) is 10.2. The number of hydrogen-bond donors (Lipinski definition) is 0. The van der Waals surface area contributed by atoms with Crippen molar-refractivity contribution in [1.82, 2.24) is 0 Å². The predicted octanol–water partition coefficient (Wildman–Crippen LogP) is 6.01. The van der Waals surface area contributed by atoms with Crippen LogP contribution in [-0.4, -0.2) is 32.5 Å². The summed E-state index contributed by atoms with van der Waals surface area (Å²) < 4.78 is 45.1. The summed E-state index contributed by atoms with van der Waals surface area (Å²) in [7, 11) is 1.38. The topological polar surface area (TPSA) is 27.7 Å². The molecule has 0 amide bonds. The number of ether oxygens (including phenoxy) is 3. The molecule has 0 N–H and O–H groups in total. The fourth-order valence-electron chi connectivity index (χ4n) is 3.93. The maximum Gasteiger partial charge on any atom is 0.196 e. The maximum absolute atomic E-state index is 14.3. The standard InChI is InChI=1S/C23H30F2O3/c1-3-4-5-18-10-11-19(15-28-18)27-14-16-6-8-17(9-7-16)20-12-13-21(26-2)23(25)22(20)24/h3,6,8,18-19H,1,4-5,7,9-15H2,2H3. The van der Waals surface area contributed by atoms with Crippen LogP contribution in [0.4, 0.5) is 8.78 Å². The van der Waals surface area contributed by atoms with Gasteiger partial charge in [0.1, 0.15) is 5.76 Å². The van der Waals surface area contributed by atoms with Gasteiger partial charge in [-0.3, -0.25) is 0 Å². The molecule has 0 spiro atoms. The molecule has 0 bridgehead atoms. The highest BCUT2D eigenvalue weighted by molar-refractivity contribution is 5.46. The highest BCUT2D eigenvalue weighted by Gasteiger charge is 2.26. The minimum absolute atomic E-state index is 0.101. The van der Waals surface area contributed by atoms with E-state index in [1.54, 1.807) is 0 Å². The normalized spacial score (nSPS) is 26.1. The molecule has 3 rings (SSSR count). The van der Waals surface area contributed by atoms with Gasteiger partial charge in [-0.2, -0.15) is 0 Å². The Bertz CT molecular complexity index is 695. The zero-order valence-electron chi connectivity index (χ0n) is 16.6. The first-order chi connectivity index (χ1) is 13.6. The minimum Gasteiger partial charge on any atom is -0.498 e. The maximum atomic E-state index is 14.3. The van der Waals surface area contributed by atoms with Gasteiger partial charge < -0.3 is 14.2 Å². The zero-order chi connectivity index (χ0) is 19.9. The first kappa shape index (κ1) is 21.0. The zero-order valence-corrected chi connectivity index (χ0v) is 16.6. The molecule has 1 fully saturated rings. The molecule has 0 saturated carbocycles. The largest absolute Gasteiger partial charge is 0.498 e. The summed E-state index contributed by atoms with van der Waals surface area (Å²) in [5, 5.41) is 0. The summed E-state index contributed by atoms with van der Waals surface area (Å²) in [6, 6.07) is 0. The van der Waals surface area contributed by atoms with E-state index in [4.69, 9.17) is 14.2 Å². The Hall–Kier alpha value is -1.72. The summed E-state index contributed by atoms with van der Waals surface area (Å²) >= 11 is 0. The highest BCUT2D eigenvalue weighted by atomic mass is 19.2. The molecule has 3 aliphatic rings. The Morgan fingerprint density at radius 2 is 2.00 bits per heavy atom. The van der Waals surface area contributed by atoms with Crippen LogP contribution in [0, 0.1) is 0 Å². The fraction of sp³-hybridized carbons (Fsp3) is 0.565. The minimum atomic E-state index is -0.855. The molecule has 0 aromatic carbocycles. The lowest BCUT2D eigenvalue weighted by atomic mass is 9.88. The van der Waals surface area contributed by atoms with E-state index in [9.17, 15) is 8.78 Å². The van der Waals surface area contributed by atoms with E-state index in [0.29, 0.717) is 44.2 Å². The molecule has 0 aromatic rings. The van der Waals surface area contributed by atoms with Crippen molar-refractivity contribution in [3.05, 3.63) is 58.9 Å². The van der Waals surface area contributed by atoms with E-state index in [-0.39, 0.29) is 11.9 Å². The summed E-state index contributed by atoms with van der Waals surface area (Å²) in [4.78, 5) is 0. The van der Waals surface area contributed by atoms with Crippen LogP contribution in [0.25, 0.3) is 0 Å². The lowest BCUT2D eigenvalue weighted by Gasteiger charge is -2.29. The summed E-state index contributed by atoms with van der Waals surface area (Å²) in [6.45, 7) is 4.96. The van der Waals surface area contributed by atoms with Crippen LogP contribution in [0.2, 0.25) is 0 Å². The van der Waals surface area contributed by atoms with Gasteiger partial charge in [0.2, 0.25) is 0 Å². The van der Waals surface area contributed by atoms with Gasteiger partial charge in [0.25, 0.3) is 0 Å². The quantitative estimate of drug-likeness (QED) is 0.474. The van der Waals surface area contributed by atoms with Crippen LogP contribution in [0.5, 0.6) is 0 Å². The van der Waals surface area contributed by atoms with Gasteiger partial charge in [0, 0.05) is 6.42 Å². The number of hydrogen-bond acceptors (Lipinski definition) is 3. The van der Waals surface area contributed by atoms with Crippen molar-refractivity contribution in [2.75, 3.05) is 20.3 Å². The molecular formula is C23H30F2O3. The first-order valence-corrected chi connectivity index (χ1v) is 10.2. The highest BCUT2D eigenvalue weighted by Crippen LogP contribution is 2.38. The van der Waals surface area contributed by atoms with Crippen LogP contribution in [0.1, 0.15) is 51.4 Å². The Kier molecular flexibility index (Phi) is 7.63. The Morgan fingerprint density at radius 3 is 2.64 bits per heavy atom. The van der Waals surface area contributed by atoms with Gasteiger partial charge in [-0.1, -0.05) is 18.2 Å². The second kappa shape index (κ2) is 10.2. The van der Waals surface area contributed by atoms with E-state index in [0.717, 1.165) is 37.7 Å². The molecule has 2 aliphatic carbocycles. The van der Waals surface area contributed by atoms with E-state index in [2.05, 4.69) is 6.58 Å². The molecule has 2 unspecified atom stereocenters. The van der Waals surface area contributed by atoms with Crippen molar-refractivity contribution in [3.63, 3.8) is 0 Å². The second-order valence-electron chi connectivity index (χ2n) is 7.58. The number of halogens is 2. The van der Waals surface area contributed by atoms with Crippen LogP contribution in [0.15, 0.2) is 58.9 Å². The van der Waals surface area contributed by atoms with Gasteiger partial charge in [0.15, 0.2) is 11.7 Å². The summed E-state index contributed by atoms with van der Waals surface area (Å²) in [5.74, 6) is -1.53. The molecule has 3 nitrogen and oxygen atoms in total. The summed E-state index contributed by atoms with van der Waals surface area (Å²) in [6.07, 6.45) is 12.7. The predicted molar refractivity (Wildman–Crippen MR) is 106 cm³/mol. The molecule has 0 radical (unpaired) electrons. The van der Waals surface area contributed by atoms with Gasteiger partial charge >= 0.3 is 0 Å². The third kappa shape index (κ3) is 5.21. The molecule has 5 heteroatoms. The Morgan fingerprint density at radius 1 is 1.14 bits per heavy atom. The average Bonchev–Trinajstić information content (AvgIpc) is 2.74. The molecule has 2 atom stereocenters. The van der Waals surface area contributed by atoms with Crippen molar-refractivity contribution in [2.24, 2.45) is 0 Å². The molecular weight excluding hydrogens is 362 g/mol. The molecule has 1 aliphatic heterocycles. The molecule has 154 valence electrons.